The summed E-state index contributed by atoms with van der Waals surface area (Å²) in [6.45, 7) is 2.16. The standard InChI is InChI=1S/C11H11ClS2/c1-7-5-10(13-2)9(6-12)8-3-4-14-11(7)8/h3-5H,6H2,1-2H3. The number of rotatable bonds is 2. The lowest BCUT2D eigenvalue weighted by Crippen LogP contribution is -1.86. The van der Waals surface area contributed by atoms with Gasteiger partial charge in [0.25, 0.3) is 0 Å². The van der Waals surface area contributed by atoms with E-state index in [0.29, 0.717) is 5.88 Å². The molecule has 0 aliphatic rings. The average Bonchev–Trinajstić information content (AvgIpc) is 2.66. The van der Waals surface area contributed by atoms with Crippen LogP contribution < -0.4 is 0 Å². The molecule has 2 aromatic rings. The predicted octanol–water partition coefficient (Wildman–Crippen LogP) is 4.67. The lowest BCUT2D eigenvalue weighted by Gasteiger charge is -2.08. The molecule has 2 rings (SSSR count). The fourth-order valence-electron chi connectivity index (χ4n) is 1.65. The van der Waals surface area contributed by atoms with Crippen LogP contribution in [-0.4, -0.2) is 6.26 Å². The molecule has 0 aliphatic heterocycles. The van der Waals surface area contributed by atoms with Crippen LogP contribution in [0, 0.1) is 6.92 Å². The maximum Gasteiger partial charge on any atom is 0.0491 e. The van der Waals surface area contributed by atoms with Gasteiger partial charge in [-0.1, -0.05) is 0 Å². The van der Waals surface area contributed by atoms with Gasteiger partial charge in [-0.2, -0.15) is 0 Å². The maximum absolute atomic E-state index is 5.99. The van der Waals surface area contributed by atoms with Gasteiger partial charge in [0, 0.05) is 15.5 Å². The molecule has 3 heteroatoms. The molecule has 0 atom stereocenters. The Morgan fingerprint density at radius 2 is 2.29 bits per heavy atom. The molecule has 0 bridgehead atoms. The molecule has 1 heterocycles. The molecule has 0 unspecified atom stereocenters. The Morgan fingerprint density at radius 3 is 2.93 bits per heavy atom. The van der Waals surface area contributed by atoms with E-state index < -0.39 is 0 Å². The molecule has 0 saturated carbocycles. The fourth-order valence-corrected chi connectivity index (χ4v) is 3.65. The van der Waals surface area contributed by atoms with Crippen LogP contribution in [0.3, 0.4) is 0 Å². The van der Waals surface area contributed by atoms with Crippen LogP contribution in [0.1, 0.15) is 11.1 Å². The largest absolute Gasteiger partial charge is 0.144 e. The second-order valence-electron chi connectivity index (χ2n) is 3.17. The molecule has 0 fully saturated rings. The first-order valence-electron chi connectivity index (χ1n) is 4.37. The topological polar surface area (TPSA) is 0 Å². The number of fused-ring (bicyclic) bond motifs is 1. The van der Waals surface area contributed by atoms with Crippen molar-refractivity contribution < 1.29 is 0 Å². The highest BCUT2D eigenvalue weighted by molar-refractivity contribution is 7.98. The van der Waals surface area contributed by atoms with Gasteiger partial charge < -0.3 is 0 Å². The van der Waals surface area contributed by atoms with Crippen molar-refractivity contribution in [1.29, 1.82) is 0 Å². The van der Waals surface area contributed by atoms with Crippen molar-refractivity contribution in [3.63, 3.8) is 0 Å². The number of thiophene rings is 1. The molecular formula is C11H11ClS2. The summed E-state index contributed by atoms with van der Waals surface area (Å²) in [7, 11) is 0. The molecule has 0 radical (unpaired) electrons. The number of aryl methyl sites for hydroxylation is 1. The van der Waals surface area contributed by atoms with E-state index in [1.54, 1.807) is 23.1 Å². The molecule has 0 aliphatic carbocycles. The van der Waals surface area contributed by atoms with Crippen LogP contribution in [0.15, 0.2) is 22.4 Å². The van der Waals surface area contributed by atoms with Crippen molar-refractivity contribution in [3.05, 3.63) is 28.6 Å². The number of benzene rings is 1. The monoisotopic (exact) mass is 242 g/mol. The maximum atomic E-state index is 5.99. The third kappa shape index (κ3) is 1.56. The molecule has 0 N–H and O–H groups in total. The Morgan fingerprint density at radius 1 is 1.50 bits per heavy atom. The molecule has 0 nitrogen and oxygen atoms in total. The van der Waals surface area contributed by atoms with E-state index in [1.165, 1.54) is 26.1 Å². The van der Waals surface area contributed by atoms with Crippen molar-refractivity contribution in [2.24, 2.45) is 0 Å². The molecule has 0 amide bonds. The van der Waals surface area contributed by atoms with Crippen LogP contribution in [0.2, 0.25) is 0 Å². The summed E-state index contributed by atoms with van der Waals surface area (Å²) < 4.78 is 1.37. The number of thioether (sulfide) groups is 1. The number of hydrogen-bond acceptors (Lipinski definition) is 2. The van der Waals surface area contributed by atoms with Crippen LogP contribution in [0.25, 0.3) is 10.1 Å². The molecule has 74 valence electrons. The number of halogens is 1. The first-order chi connectivity index (χ1) is 6.77. The van der Waals surface area contributed by atoms with Gasteiger partial charge in [-0.05, 0) is 47.2 Å². The van der Waals surface area contributed by atoms with Gasteiger partial charge >= 0.3 is 0 Å². The Kier molecular flexibility index (Phi) is 3.05. The lowest BCUT2D eigenvalue weighted by molar-refractivity contribution is 1.28. The molecular weight excluding hydrogens is 232 g/mol. The third-order valence-electron chi connectivity index (χ3n) is 2.35. The fraction of sp³-hybridized carbons (Fsp3) is 0.273. The zero-order valence-electron chi connectivity index (χ0n) is 8.13. The number of hydrogen-bond donors (Lipinski definition) is 0. The van der Waals surface area contributed by atoms with Gasteiger partial charge in [-0.25, -0.2) is 0 Å². The smallest absolute Gasteiger partial charge is 0.0491 e. The molecule has 1 aromatic carbocycles. The number of alkyl halides is 1. The van der Waals surface area contributed by atoms with Gasteiger partial charge in [0.2, 0.25) is 0 Å². The molecule has 1 aromatic heterocycles. The van der Waals surface area contributed by atoms with Gasteiger partial charge in [0.1, 0.15) is 0 Å². The van der Waals surface area contributed by atoms with Crippen molar-refractivity contribution in [3.8, 4) is 0 Å². The van der Waals surface area contributed by atoms with Crippen molar-refractivity contribution >= 4 is 44.8 Å². The van der Waals surface area contributed by atoms with Crippen molar-refractivity contribution in [1.82, 2.24) is 0 Å². The van der Waals surface area contributed by atoms with Crippen LogP contribution in [-0.2, 0) is 5.88 Å². The summed E-state index contributed by atoms with van der Waals surface area (Å²) in [5.74, 6) is 0.601. The Balaban J connectivity index is 2.82. The van der Waals surface area contributed by atoms with E-state index in [0.717, 1.165) is 0 Å². The predicted molar refractivity (Wildman–Crippen MR) is 67.9 cm³/mol. The summed E-state index contributed by atoms with van der Waals surface area (Å²) in [4.78, 5) is 1.31. The lowest BCUT2D eigenvalue weighted by atomic mass is 10.1. The van der Waals surface area contributed by atoms with Crippen LogP contribution in [0.4, 0.5) is 0 Å². The van der Waals surface area contributed by atoms with Crippen molar-refractivity contribution in [2.45, 2.75) is 17.7 Å². The second-order valence-corrected chi connectivity index (χ2v) is 5.20. The van der Waals surface area contributed by atoms with E-state index in [1.807, 2.05) is 0 Å². The van der Waals surface area contributed by atoms with E-state index >= 15 is 0 Å². The minimum Gasteiger partial charge on any atom is -0.144 e. The highest BCUT2D eigenvalue weighted by Crippen LogP contribution is 2.35. The minimum atomic E-state index is 0.601. The van der Waals surface area contributed by atoms with Gasteiger partial charge in [-0.15, -0.1) is 34.7 Å². The van der Waals surface area contributed by atoms with E-state index in [4.69, 9.17) is 11.6 Å². The van der Waals surface area contributed by atoms with Crippen molar-refractivity contribution in [2.75, 3.05) is 6.26 Å². The Hall–Kier alpha value is -0.180. The van der Waals surface area contributed by atoms with Gasteiger partial charge in [0.15, 0.2) is 0 Å². The molecule has 0 saturated heterocycles. The first-order valence-corrected chi connectivity index (χ1v) is 7.01. The third-order valence-corrected chi connectivity index (χ3v) is 4.47. The van der Waals surface area contributed by atoms with Crippen LogP contribution >= 0.6 is 34.7 Å². The highest BCUT2D eigenvalue weighted by atomic mass is 35.5. The SMILES string of the molecule is CSc1cc(C)c2sccc2c1CCl. The highest BCUT2D eigenvalue weighted by Gasteiger charge is 2.09. The first kappa shape index (κ1) is 10.3. The Labute approximate surface area is 97.3 Å². The molecule has 14 heavy (non-hydrogen) atoms. The normalized spacial score (nSPS) is 11.1. The summed E-state index contributed by atoms with van der Waals surface area (Å²) in [6, 6.07) is 4.41. The zero-order chi connectivity index (χ0) is 10.1. The summed E-state index contributed by atoms with van der Waals surface area (Å²) >= 11 is 9.56. The van der Waals surface area contributed by atoms with E-state index in [2.05, 4.69) is 30.7 Å². The second kappa shape index (κ2) is 4.13. The summed E-state index contributed by atoms with van der Waals surface area (Å²) in [6.07, 6.45) is 2.10. The minimum absolute atomic E-state index is 0.601. The summed E-state index contributed by atoms with van der Waals surface area (Å²) in [5, 5.41) is 3.46. The van der Waals surface area contributed by atoms with Crippen LogP contribution in [0.5, 0.6) is 0 Å². The van der Waals surface area contributed by atoms with Gasteiger partial charge in [-0.3, -0.25) is 0 Å². The van der Waals surface area contributed by atoms with E-state index in [9.17, 15) is 0 Å². The molecule has 0 spiro atoms. The Bertz CT molecular complexity index is 460. The quantitative estimate of drug-likeness (QED) is 0.545. The van der Waals surface area contributed by atoms with Gasteiger partial charge in [0.05, 0.1) is 0 Å². The average molecular weight is 243 g/mol. The summed E-state index contributed by atoms with van der Waals surface area (Å²) in [5.41, 5.74) is 2.63. The zero-order valence-corrected chi connectivity index (χ0v) is 10.5. The van der Waals surface area contributed by atoms with E-state index in [-0.39, 0.29) is 0 Å².